The van der Waals surface area contributed by atoms with Crippen molar-refractivity contribution in [2.24, 2.45) is 0 Å². The summed E-state index contributed by atoms with van der Waals surface area (Å²) in [7, 11) is 1.60. The lowest BCUT2D eigenvalue weighted by Crippen LogP contribution is -2.33. The van der Waals surface area contributed by atoms with Crippen LogP contribution in [0.3, 0.4) is 0 Å². The molecule has 132 valence electrons. The molecule has 1 aromatic carbocycles. The number of methoxy groups -OCH3 is 1. The zero-order chi connectivity index (χ0) is 18.0. The summed E-state index contributed by atoms with van der Waals surface area (Å²) in [5.41, 5.74) is 1.95. The third kappa shape index (κ3) is 3.68. The fraction of sp³-hybridized carbons (Fsp3) is 0.368. The van der Waals surface area contributed by atoms with Gasteiger partial charge in [0.1, 0.15) is 17.9 Å². The SMILES string of the molecule is COc1ccccc1CN(C(=O)c1c(C)coc1CC(=O)O)C1CC1. The molecule has 0 unspecified atom stereocenters. The van der Waals surface area contributed by atoms with Crippen LogP contribution in [0.2, 0.25) is 0 Å². The van der Waals surface area contributed by atoms with Gasteiger partial charge < -0.3 is 19.2 Å². The molecule has 0 bridgehead atoms. The number of amides is 1. The number of carbonyl (C=O) groups excluding carboxylic acids is 1. The van der Waals surface area contributed by atoms with E-state index in [1.165, 1.54) is 6.26 Å². The molecule has 0 atom stereocenters. The molecular formula is C19H21NO5. The average Bonchev–Trinajstić information content (AvgIpc) is 3.36. The highest BCUT2D eigenvalue weighted by molar-refractivity contribution is 5.97. The van der Waals surface area contributed by atoms with E-state index in [0.29, 0.717) is 17.7 Å². The van der Waals surface area contributed by atoms with E-state index >= 15 is 0 Å². The van der Waals surface area contributed by atoms with Gasteiger partial charge in [0.05, 0.1) is 18.9 Å². The number of para-hydroxylation sites is 1. The van der Waals surface area contributed by atoms with Gasteiger partial charge in [-0.2, -0.15) is 0 Å². The smallest absolute Gasteiger partial charge is 0.311 e. The van der Waals surface area contributed by atoms with E-state index in [9.17, 15) is 9.59 Å². The number of nitrogens with zero attached hydrogens (tertiary/aromatic N) is 1. The topological polar surface area (TPSA) is 80.0 Å². The van der Waals surface area contributed by atoms with Crippen LogP contribution in [0.5, 0.6) is 5.75 Å². The molecule has 6 heteroatoms. The molecular weight excluding hydrogens is 322 g/mol. The number of carboxylic acid groups (broad SMARTS) is 1. The predicted octanol–water partition coefficient (Wildman–Crippen LogP) is 3.03. The first-order valence-corrected chi connectivity index (χ1v) is 8.23. The molecule has 1 saturated carbocycles. The maximum Gasteiger partial charge on any atom is 0.311 e. The van der Waals surface area contributed by atoms with Crippen LogP contribution in [0.4, 0.5) is 0 Å². The molecule has 0 spiro atoms. The van der Waals surface area contributed by atoms with Crippen molar-refractivity contribution in [2.75, 3.05) is 7.11 Å². The molecule has 1 amide bonds. The normalized spacial score (nSPS) is 13.5. The molecule has 1 aliphatic carbocycles. The molecule has 0 radical (unpaired) electrons. The highest BCUT2D eigenvalue weighted by Crippen LogP contribution is 2.33. The van der Waals surface area contributed by atoms with Gasteiger partial charge in [-0.05, 0) is 25.8 Å². The van der Waals surface area contributed by atoms with Crippen molar-refractivity contribution >= 4 is 11.9 Å². The fourth-order valence-corrected chi connectivity index (χ4v) is 2.97. The summed E-state index contributed by atoms with van der Waals surface area (Å²) < 4.78 is 10.7. The van der Waals surface area contributed by atoms with Gasteiger partial charge in [0.2, 0.25) is 0 Å². The molecule has 0 aliphatic heterocycles. The Balaban J connectivity index is 1.90. The molecule has 3 rings (SSSR count). The highest BCUT2D eigenvalue weighted by atomic mass is 16.5. The van der Waals surface area contributed by atoms with Gasteiger partial charge in [-0.25, -0.2) is 0 Å². The molecule has 2 aromatic rings. The number of carboxylic acids is 1. The average molecular weight is 343 g/mol. The van der Waals surface area contributed by atoms with Crippen LogP contribution in [0.15, 0.2) is 34.9 Å². The lowest BCUT2D eigenvalue weighted by atomic mass is 10.1. The standard InChI is InChI=1S/C19H21NO5/c1-12-11-25-16(9-17(21)22)18(12)19(23)20(14-7-8-14)10-13-5-3-4-6-15(13)24-2/h3-6,11,14H,7-10H2,1-2H3,(H,21,22). The van der Waals surface area contributed by atoms with Crippen LogP contribution in [-0.4, -0.2) is 35.0 Å². The van der Waals surface area contributed by atoms with Gasteiger partial charge in [-0.3, -0.25) is 9.59 Å². The summed E-state index contributed by atoms with van der Waals surface area (Å²) >= 11 is 0. The van der Waals surface area contributed by atoms with Crippen molar-refractivity contribution in [1.29, 1.82) is 0 Å². The van der Waals surface area contributed by atoms with Crippen molar-refractivity contribution in [2.45, 2.75) is 38.8 Å². The number of aliphatic carboxylic acids is 1. The number of carbonyl (C=O) groups is 2. The number of rotatable bonds is 7. The molecule has 1 heterocycles. The van der Waals surface area contributed by atoms with Gasteiger partial charge in [0.15, 0.2) is 0 Å². The van der Waals surface area contributed by atoms with Gasteiger partial charge >= 0.3 is 5.97 Å². The second kappa shape index (κ2) is 7.01. The van der Waals surface area contributed by atoms with Crippen molar-refractivity contribution < 1.29 is 23.8 Å². The molecule has 1 N–H and O–H groups in total. The van der Waals surface area contributed by atoms with Gasteiger partial charge in [0.25, 0.3) is 5.91 Å². The Morgan fingerprint density at radius 3 is 2.68 bits per heavy atom. The molecule has 25 heavy (non-hydrogen) atoms. The largest absolute Gasteiger partial charge is 0.496 e. The summed E-state index contributed by atoms with van der Waals surface area (Å²) in [6.07, 6.45) is 3.04. The van der Waals surface area contributed by atoms with Crippen LogP contribution < -0.4 is 4.74 Å². The second-order valence-electron chi connectivity index (χ2n) is 6.26. The summed E-state index contributed by atoms with van der Waals surface area (Å²) in [5.74, 6) is -0.265. The molecule has 1 aliphatic rings. The van der Waals surface area contributed by atoms with Crippen molar-refractivity contribution in [3.63, 3.8) is 0 Å². The number of hydrogen-bond donors (Lipinski definition) is 1. The Morgan fingerprint density at radius 1 is 1.32 bits per heavy atom. The van der Waals surface area contributed by atoms with E-state index in [2.05, 4.69) is 0 Å². The van der Waals surface area contributed by atoms with Crippen molar-refractivity contribution in [1.82, 2.24) is 4.90 Å². The van der Waals surface area contributed by atoms with Crippen LogP contribution in [-0.2, 0) is 17.8 Å². The maximum absolute atomic E-state index is 13.1. The summed E-state index contributed by atoms with van der Waals surface area (Å²) in [6.45, 7) is 2.18. The van der Waals surface area contributed by atoms with Gasteiger partial charge in [-0.15, -0.1) is 0 Å². The van der Waals surface area contributed by atoms with Gasteiger partial charge in [-0.1, -0.05) is 18.2 Å². The highest BCUT2D eigenvalue weighted by Gasteiger charge is 2.36. The van der Waals surface area contributed by atoms with Crippen LogP contribution in [0.1, 0.15) is 40.1 Å². The molecule has 6 nitrogen and oxygen atoms in total. The van der Waals surface area contributed by atoms with E-state index in [0.717, 1.165) is 24.2 Å². The second-order valence-corrected chi connectivity index (χ2v) is 6.26. The molecule has 1 fully saturated rings. The minimum Gasteiger partial charge on any atom is -0.496 e. The Morgan fingerprint density at radius 2 is 2.04 bits per heavy atom. The van der Waals surface area contributed by atoms with E-state index in [1.807, 2.05) is 24.3 Å². The first-order valence-electron chi connectivity index (χ1n) is 8.23. The molecule has 1 aromatic heterocycles. The number of hydrogen-bond acceptors (Lipinski definition) is 4. The Labute approximate surface area is 146 Å². The Bertz CT molecular complexity index is 791. The van der Waals surface area contributed by atoms with Crippen LogP contribution >= 0.6 is 0 Å². The Hall–Kier alpha value is -2.76. The number of furan rings is 1. The predicted molar refractivity (Wildman–Crippen MR) is 90.7 cm³/mol. The minimum absolute atomic E-state index is 0.171. The van der Waals surface area contributed by atoms with E-state index in [1.54, 1.807) is 18.9 Å². The fourth-order valence-electron chi connectivity index (χ4n) is 2.97. The first kappa shape index (κ1) is 17.1. The summed E-state index contributed by atoms with van der Waals surface area (Å²) in [4.78, 5) is 26.0. The lowest BCUT2D eigenvalue weighted by molar-refractivity contribution is -0.136. The molecule has 0 saturated heterocycles. The van der Waals surface area contributed by atoms with Crippen LogP contribution in [0.25, 0.3) is 0 Å². The van der Waals surface area contributed by atoms with Crippen LogP contribution in [0, 0.1) is 6.92 Å². The quantitative estimate of drug-likeness (QED) is 0.836. The summed E-state index contributed by atoms with van der Waals surface area (Å²) in [5, 5.41) is 9.04. The van der Waals surface area contributed by atoms with Crippen molar-refractivity contribution in [3.8, 4) is 5.75 Å². The van der Waals surface area contributed by atoms with E-state index in [-0.39, 0.29) is 24.1 Å². The first-order chi connectivity index (χ1) is 12.0. The zero-order valence-corrected chi connectivity index (χ0v) is 14.3. The zero-order valence-electron chi connectivity index (χ0n) is 14.3. The number of benzene rings is 1. The monoisotopic (exact) mass is 343 g/mol. The van der Waals surface area contributed by atoms with Crippen molar-refractivity contribution in [3.05, 3.63) is 53.0 Å². The van der Waals surface area contributed by atoms with E-state index < -0.39 is 5.97 Å². The van der Waals surface area contributed by atoms with Gasteiger partial charge in [0, 0.05) is 23.7 Å². The number of ether oxygens (including phenoxy) is 1. The Kier molecular flexibility index (Phi) is 4.79. The number of aryl methyl sites for hydroxylation is 1. The maximum atomic E-state index is 13.1. The third-order valence-electron chi connectivity index (χ3n) is 4.36. The minimum atomic E-state index is -1.02. The lowest BCUT2D eigenvalue weighted by Gasteiger charge is -2.24. The third-order valence-corrected chi connectivity index (χ3v) is 4.36. The summed E-state index contributed by atoms with van der Waals surface area (Å²) in [6, 6.07) is 7.76. The van der Waals surface area contributed by atoms with E-state index in [4.69, 9.17) is 14.3 Å².